The molecule has 0 aromatic heterocycles. The molecular weight excluding hydrogens is 266 g/mol. The van der Waals surface area contributed by atoms with E-state index < -0.39 is 0 Å². The normalized spacial score (nSPS) is 36.8. The van der Waals surface area contributed by atoms with E-state index in [0.717, 1.165) is 17.8 Å². The highest BCUT2D eigenvalue weighted by molar-refractivity contribution is 7.99. The summed E-state index contributed by atoms with van der Waals surface area (Å²) < 4.78 is 6.48. The van der Waals surface area contributed by atoms with Crippen molar-refractivity contribution in [2.24, 2.45) is 0 Å². The van der Waals surface area contributed by atoms with Crippen LogP contribution in [0, 0.1) is 0 Å². The van der Waals surface area contributed by atoms with E-state index in [0.29, 0.717) is 6.10 Å². The number of nitrogens with one attached hydrogen (secondary N) is 1. The zero-order chi connectivity index (χ0) is 13.8. The van der Waals surface area contributed by atoms with Crippen LogP contribution in [0.15, 0.2) is 0 Å². The summed E-state index contributed by atoms with van der Waals surface area (Å²) in [6.45, 7) is 3.38. The van der Waals surface area contributed by atoms with E-state index in [2.05, 4.69) is 24.0 Å². The summed E-state index contributed by atoms with van der Waals surface area (Å²) in [4.78, 5) is 0. The summed E-state index contributed by atoms with van der Waals surface area (Å²) in [5.41, 5.74) is 0.290. The molecule has 0 aromatic rings. The average molecular weight is 298 g/mol. The predicted octanol–water partition coefficient (Wildman–Crippen LogP) is 4.13. The molecule has 0 bridgehead atoms. The lowest BCUT2D eigenvalue weighted by molar-refractivity contribution is -0.0628. The third-order valence-corrected chi connectivity index (χ3v) is 6.87. The number of rotatable bonds is 5. The van der Waals surface area contributed by atoms with Gasteiger partial charge in [-0.3, -0.25) is 0 Å². The van der Waals surface area contributed by atoms with E-state index in [-0.39, 0.29) is 5.60 Å². The molecule has 1 aliphatic heterocycles. The van der Waals surface area contributed by atoms with Crippen molar-refractivity contribution in [1.29, 1.82) is 0 Å². The first-order valence-corrected chi connectivity index (χ1v) is 9.89. The van der Waals surface area contributed by atoms with Crippen LogP contribution in [-0.2, 0) is 4.74 Å². The van der Waals surface area contributed by atoms with Crippen molar-refractivity contribution in [2.75, 3.05) is 12.3 Å². The van der Waals surface area contributed by atoms with Gasteiger partial charge in [0, 0.05) is 17.8 Å². The van der Waals surface area contributed by atoms with Gasteiger partial charge in [0.1, 0.15) is 0 Å². The molecule has 0 amide bonds. The Hall–Kier alpha value is 0.270. The van der Waals surface area contributed by atoms with E-state index in [9.17, 15) is 0 Å². The highest BCUT2D eigenvalue weighted by atomic mass is 32.2. The van der Waals surface area contributed by atoms with E-state index in [1.54, 1.807) is 0 Å². The van der Waals surface area contributed by atoms with E-state index >= 15 is 0 Å². The van der Waals surface area contributed by atoms with Crippen LogP contribution in [0.25, 0.3) is 0 Å². The molecule has 2 nitrogen and oxygen atoms in total. The Morgan fingerprint density at radius 2 is 1.90 bits per heavy atom. The Bertz CT molecular complexity index is 303. The van der Waals surface area contributed by atoms with Crippen LogP contribution >= 0.6 is 11.8 Å². The Kier molecular flexibility index (Phi) is 5.33. The summed E-state index contributed by atoms with van der Waals surface area (Å²) >= 11 is 2.15. The molecular formula is C17H31NOS. The Labute approximate surface area is 128 Å². The van der Waals surface area contributed by atoms with Crippen molar-refractivity contribution >= 4 is 11.8 Å². The SMILES string of the molecule is CCSC1CCCC1NCC1CCC2(CCCCC2)O1. The van der Waals surface area contributed by atoms with Crippen molar-refractivity contribution < 1.29 is 4.74 Å². The molecule has 116 valence electrons. The molecule has 3 fully saturated rings. The summed E-state index contributed by atoms with van der Waals surface area (Å²) in [6, 6.07) is 0.742. The minimum absolute atomic E-state index is 0.290. The number of thioether (sulfide) groups is 1. The molecule has 20 heavy (non-hydrogen) atoms. The first-order valence-electron chi connectivity index (χ1n) is 8.84. The number of ether oxygens (including phenoxy) is 1. The summed E-state index contributed by atoms with van der Waals surface area (Å²) in [5, 5.41) is 4.69. The molecule has 2 aliphatic carbocycles. The van der Waals surface area contributed by atoms with Gasteiger partial charge in [0.25, 0.3) is 0 Å². The smallest absolute Gasteiger partial charge is 0.0708 e. The van der Waals surface area contributed by atoms with Gasteiger partial charge < -0.3 is 10.1 Å². The largest absolute Gasteiger partial charge is 0.370 e. The monoisotopic (exact) mass is 297 g/mol. The Balaban J connectivity index is 1.43. The van der Waals surface area contributed by atoms with Gasteiger partial charge in [-0.2, -0.15) is 11.8 Å². The van der Waals surface area contributed by atoms with Crippen molar-refractivity contribution in [3.05, 3.63) is 0 Å². The first-order chi connectivity index (χ1) is 9.81. The van der Waals surface area contributed by atoms with Gasteiger partial charge in [0.15, 0.2) is 0 Å². The van der Waals surface area contributed by atoms with Crippen LogP contribution in [0.1, 0.15) is 71.1 Å². The molecule has 3 atom stereocenters. The molecule has 1 saturated heterocycles. The molecule has 1 N–H and O–H groups in total. The van der Waals surface area contributed by atoms with Gasteiger partial charge in [0.2, 0.25) is 0 Å². The van der Waals surface area contributed by atoms with Crippen molar-refractivity contribution in [3.8, 4) is 0 Å². The van der Waals surface area contributed by atoms with Crippen LogP contribution in [0.2, 0.25) is 0 Å². The van der Waals surface area contributed by atoms with Crippen LogP contribution in [0.4, 0.5) is 0 Å². The molecule has 3 aliphatic rings. The second-order valence-corrected chi connectivity index (χ2v) is 8.48. The van der Waals surface area contributed by atoms with E-state index in [1.165, 1.54) is 70.0 Å². The standard InChI is InChI=1S/C17H31NOS/c1-2-20-16-8-6-7-15(16)18-13-14-9-12-17(19-14)10-4-3-5-11-17/h14-16,18H,2-13H2,1H3. The minimum Gasteiger partial charge on any atom is -0.370 e. The van der Waals surface area contributed by atoms with Crippen molar-refractivity contribution in [1.82, 2.24) is 5.32 Å². The fourth-order valence-corrected chi connectivity index (χ4v) is 5.69. The van der Waals surface area contributed by atoms with Gasteiger partial charge in [-0.25, -0.2) is 0 Å². The summed E-state index contributed by atoms with van der Waals surface area (Å²) in [7, 11) is 0. The maximum Gasteiger partial charge on any atom is 0.0708 e. The molecule has 1 spiro atoms. The maximum absolute atomic E-state index is 6.48. The topological polar surface area (TPSA) is 21.3 Å². The van der Waals surface area contributed by atoms with Crippen molar-refractivity contribution in [3.63, 3.8) is 0 Å². The quantitative estimate of drug-likeness (QED) is 0.824. The van der Waals surface area contributed by atoms with Gasteiger partial charge in [-0.15, -0.1) is 0 Å². The first kappa shape index (κ1) is 15.2. The zero-order valence-electron chi connectivity index (χ0n) is 13.0. The van der Waals surface area contributed by atoms with E-state index in [1.807, 2.05) is 0 Å². The second kappa shape index (κ2) is 7.02. The second-order valence-electron chi connectivity index (χ2n) is 6.96. The molecule has 3 heteroatoms. The molecule has 0 radical (unpaired) electrons. The highest BCUT2D eigenvalue weighted by Gasteiger charge is 2.41. The lowest BCUT2D eigenvalue weighted by Gasteiger charge is -2.33. The molecule has 3 rings (SSSR count). The highest BCUT2D eigenvalue weighted by Crippen LogP contribution is 2.41. The summed E-state index contributed by atoms with van der Waals surface area (Å²) in [5.74, 6) is 1.26. The van der Waals surface area contributed by atoms with Crippen LogP contribution in [0.3, 0.4) is 0 Å². The maximum atomic E-state index is 6.48. The van der Waals surface area contributed by atoms with Crippen molar-refractivity contribution in [2.45, 2.75) is 94.1 Å². The Morgan fingerprint density at radius 1 is 1.05 bits per heavy atom. The average Bonchev–Trinajstić information content (AvgIpc) is 3.06. The van der Waals surface area contributed by atoms with Gasteiger partial charge >= 0.3 is 0 Å². The molecule has 0 aromatic carbocycles. The van der Waals surface area contributed by atoms with Crippen LogP contribution in [0.5, 0.6) is 0 Å². The van der Waals surface area contributed by atoms with Gasteiger partial charge in [-0.05, 0) is 44.3 Å². The fraction of sp³-hybridized carbons (Fsp3) is 1.00. The van der Waals surface area contributed by atoms with Crippen LogP contribution in [-0.4, -0.2) is 35.3 Å². The number of hydrogen-bond acceptors (Lipinski definition) is 3. The summed E-state index contributed by atoms with van der Waals surface area (Å²) in [6.07, 6.45) is 14.1. The fourth-order valence-electron chi connectivity index (χ4n) is 4.46. The molecule has 2 saturated carbocycles. The lowest BCUT2D eigenvalue weighted by atomic mass is 9.83. The van der Waals surface area contributed by atoms with Crippen LogP contribution < -0.4 is 5.32 Å². The van der Waals surface area contributed by atoms with Gasteiger partial charge in [-0.1, -0.05) is 32.6 Å². The third-order valence-electron chi connectivity index (χ3n) is 5.54. The molecule has 1 heterocycles. The number of hydrogen-bond donors (Lipinski definition) is 1. The third kappa shape index (κ3) is 3.53. The Morgan fingerprint density at radius 3 is 2.70 bits per heavy atom. The predicted molar refractivity (Wildman–Crippen MR) is 87.5 cm³/mol. The van der Waals surface area contributed by atoms with E-state index in [4.69, 9.17) is 4.74 Å². The minimum atomic E-state index is 0.290. The lowest BCUT2D eigenvalue weighted by Crippen LogP contribution is -2.40. The van der Waals surface area contributed by atoms with Gasteiger partial charge in [0.05, 0.1) is 11.7 Å². The zero-order valence-corrected chi connectivity index (χ0v) is 13.9. The molecule has 3 unspecified atom stereocenters.